The van der Waals surface area contributed by atoms with Crippen molar-refractivity contribution in [3.63, 3.8) is 0 Å². The summed E-state index contributed by atoms with van der Waals surface area (Å²) >= 11 is 0. The van der Waals surface area contributed by atoms with Crippen LogP contribution in [-0.4, -0.2) is 25.1 Å². The first kappa shape index (κ1) is 21.5. The van der Waals surface area contributed by atoms with Crippen LogP contribution < -0.4 is 0 Å². The average Bonchev–Trinajstić information content (AvgIpc) is 2.71. The highest BCUT2D eigenvalue weighted by Crippen LogP contribution is 2.43. The lowest BCUT2D eigenvalue weighted by molar-refractivity contribution is -0.0728. The Morgan fingerprint density at radius 3 is 1.81 bits per heavy atom. The van der Waals surface area contributed by atoms with Crippen molar-refractivity contribution in [3.05, 3.63) is 0 Å². The number of halogens is 2. The molecule has 3 saturated carbocycles. The van der Waals surface area contributed by atoms with Gasteiger partial charge >= 0.3 is 0 Å². The molecule has 0 aromatic heterocycles. The third-order valence-electron chi connectivity index (χ3n) is 8.28. The smallest absolute Gasteiger partial charge is 0.157 e. The predicted octanol–water partition coefficient (Wildman–Crippen LogP) is 7.28. The van der Waals surface area contributed by atoms with Gasteiger partial charge in [-0.05, 0) is 81.5 Å². The standard InChI is InChI=1S/C24H42F2O/c1-3-17-5-10-19(11-6-17)20-12-7-18(8-13-20)9-14-21-15-16-22(27-4-2)24(26)23(21)25/h17-24H,3-16H2,1-2H3. The second-order valence-corrected chi connectivity index (χ2v) is 9.77. The van der Waals surface area contributed by atoms with Gasteiger partial charge in [0.25, 0.3) is 0 Å². The number of hydrogen-bond donors (Lipinski definition) is 0. The molecule has 27 heavy (non-hydrogen) atoms. The molecule has 0 spiro atoms. The highest BCUT2D eigenvalue weighted by molar-refractivity contribution is 4.90. The minimum atomic E-state index is -1.42. The monoisotopic (exact) mass is 384 g/mol. The van der Waals surface area contributed by atoms with E-state index in [-0.39, 0.29) is 5.92 Å². The van der Waals surface area contributed by atoms with E-state index in [2.05, 4.69) is 6.92 Å². The molecule has 3 aliphatic carbocycles. The van der Waals surface area contributed by atoms with Gasteiger partial charge in [0, 0.05) is 6.61 Å². The Bertz CT molecular complexity index is 413. The summed E-state index contributed by atoms with van der Waals surface area (Å²) in [6.45, 7) is 4.68. The molecule has 0 saturated heterocycles. The number of alkyl halides is 2. The summed E-state index contributed by atoms with van der Waals surface area (Å²) < 4.78 is 34.1. The van der Waals surface area contributed by atoms with Crippen LogP contribution in [0.1, 0.15) is 97.3 Å². The predicted molar refractivity (Wildman–Crippen MR) is 108 cm³/mol. The van der Waals surface area contributed by atoms with E-state index >= 15 is 0 Å². The molecule has 4 atom stereocenters. The molecular formula is C24H42F2O. The fourth-order valence-corrected chi connectivity index (χ4v) is 6.32. The van der Waals surface area contributed by atoms with Crippen molar-refractivity contribution in [2.75, 3.05) is 6.61 Å². The van der Waals surface area contributed by atoms with Crippen molar-refractivity contribution in [2.45, 2.75) is 116 Å². The Labute approximate surface area is 166 Å². The van der Waals surface area contributed by atoms with Crippen molar-refractivity contribution in [1.29, 1.82) is 0 Å². The summed E-state index contributed by atoms with van der Waals surface area (Å²) in [5.41, 5.74) is 0. The zero-order valence-corrected chi connectivity index (χ0v) is 17.7. The van der Waals surface area contributed by atoms with Crippen LogP contribution in [0, 0.1) is 29.6 Å². The van der Waals surface area contributed by atoms with Gasteiger partial charge < -0.3 is 4.74 Å². The maximum absolute atomic E-state index is 14.5. The Morgan fingerprint density at radius 2 is 1.26 bits per heavy atom. The molecular weight excluding hydrogens is 342 g/mol. The van der Waals surface area contributed by atoms with Gasteiger partial charge in [0.2, 0.25) is 0 Å². The van der Waals surface area contributed by atoms with Crippen LogP contribution in [0.3, 0.4) is 0 Å². The summed E-state index contributed by atoms with van der Waals surface area (Å²) in [6, 6.07) is 0. The molecule has 0 bridgehead atoms. The third-order valence-corrected chi connectivity index (χ3v) is 8.28. The molecule has 3 heteroatoms. The molecule has 0 aromatic rings. The molecule has 0 aliphatic heterocycles. The third kappa shape index (κ3) is 5.67. The maximum Gasteiger partial charge on any atom is 0.157 e. The van der Waals surface area contributed by atoms with Crippen LogP contribution in [-0.2, 0) is 4.74 Å². The molecule has 0 N–H and O–H groups in total. The Hall–Kier alpha value is -0.180. The van der Waals surface area contributed by atoms with Gasteiger partial charge in [-0.15, -0.1) is 0 Å². The first-order valence-electron chi connectivity index (χ1n) is 12.0. The molecule has 0 heterocycles. The fraction of sp³-hybridized carbons (Fsp3) is 1.00. The van der Waals surface area contributed by atoms with Gasteiger partial charge in [-0.3, -0.25) is 0 Å². The molecule has 3 aliphatic rings. The second-order valence-electron chi connectivity index (χ2n) is 9.77. The Kier molecular flexibility index (Phi) is 8.42. The lowest BCUT2D eigenvalue weighted by Crippen LogP contribution is -2.43. The molecule has 158 valence electrons. The highest BCUT2D eigenvalue weighted by atomic mass is 19.2. The van der Waals surface area contributed by atoms with Gasteiger partial charge in [-0.1, -0.05) is 45.4 Å². The largest absolute Gasteiger partial charge is 0.375 e. The molecule has 4 unspecified atom stereocenters. The van der Waals surface area contributed by atoms with Crippen LogP contribution in [0.25, 0.3) is 0 Å². The topological polar surface area (TPSA) is 9.23 Å². The summed E-state index contributed by atoms with van der Waals surface area (Å²) in [4.78, 5) is 0. The van der Waals surface area contributed by atoms with Crippen LogP contribution in [0.2, 0.25) is 0 Å². The van der Waals surface area contributed by atoms with Crippen molar-refractivity contribution in [2.24, 2.45) is 29.6 Å². The van der Waals surface area contributed by atoms with E-state index in [4.69, 9.17) is 4.74 Å². The van der Waals surface area contributed by atoms with E-state index in [1.54, 1.807) is 0 Å². The van der Waals surface area contributed by atoms with Gasteiger partial charge in [-0.25, -0.2) is 8.78 Å². The second kappa shape index (κ2) is 10.6. The average molecular weight is 385 g/mol. The van der Waals surface area contributed by atoms with E-state index in [1.807, 2.05) is 6.92 Å². The molecule has 0 amide bonds. The zero-order valence-electron chi connectivity index (χ0n) is 17.7. The Morgan fingerprint density at radius 1 is 0.667 bits per heavy atom. The minimum absolute atomic E-state index is 0.0845. The first-order chi connectivity index (χ1) is 13.1. The van der Waals surface area contributed by atoms with Crippen molar-refractivity contribution in [3.8, 4) is 0 Å². The quantitative estimate of drug-likeness (QED) is 0.448. The SMILES string of the molecule is CCOC1CCC(CCC2CCC(C3CCC(CC)CC3)CC2)C(F)C1F. The van der Waals surface area contributed by atoms with Gasteiger partial charge in [0.15, 0.2) is 6.17 Å². The van der Waals surface area contributed by atoms with Crippen molar-refractivity contribution >= 4 is 0 Å². The minimum Gasteiger partial charge on any atom is -0.375 e. The zero-order chi connectivity index (χ0) is 19.2. The van der Waals surface area contributed by atoms with Crippen LogP contribution >= 0.6 is 0 Å². The molecule has 3 fully saturated rings. The molecule has 1 nitrogen and oxygen atoms in total. The van der Waals surface area contributed by atoms with Crippen molar-refractivity contribution in [1.82, 2.24) is 0 Å². The first-order valence-corrected chi connectivity index (χ1v) is 12.0. The van der Waals surface area contributed by atoms with Crippen LogP contribution in [0.15, 0.2) is 0 Å². The van der Waals surface area contributed by atoms with E-state index < -0.39 is 18.4 Å². The lowest BCUT2D eigenvalue weighted by atomic mass is 9.68. The molecule has 0 aromatic carbocycles. The van der Waals surface area contributed by atoms with E-state index in [9.17, 15) is 8.78 Å². The van der Waals surface area contributed by atoms with E-state index in [1.165, 1.54) is 57.8 Å². The van der Waals surface area contributed by atoms with Crippen molar-refractivity contribution < 1.29 is 13.5 Å². The number of rotatable bonds is 7. The normalized spacial score (nSPS) is 43.6. The van der Waals surface area contributed by atoms with E-state index in [0.717, 1.165) is 42.9 Å². The summed E-state index contributed by atoms with van der Waals surface area (Å²) in [7, 11) is 0. The van der Waals surface area contributed by atoms with Crippen LogP contribution in [0.4, 0.5) is 8.78 Å². The highest BCUT2D eigenvalue weighted by Gasteiger charge is 2.40. The van der Waals surface area contributed by atoms with Gasteiger partial charge in [0.05, 0.1) is 6.10 Å². The maximum atomic E-state index is 14.5. The van der Waals surface area contributed by atoms with E-state index in [0.29, 0.717) is 13.0 Å². The number of hydrogen-bond acceptors (Lipinski definition) is 1. The number of ether oxygens (including phenoxy) is 1. The summed E-state index contributed by atoms with van der Waals surface area (Å²) in [6.07, 6.45) is 12.8. The summed E-state index contributed by atoms with van der Waals surface area (Å²) in [5.74, 6) is 3.58. The fourth-order valence-electron chi connectivity index (χ4n) is 6.32. The van der Waals surface area contributed by atoms with Gasteiger partial charge in [-0.2, -0.15) is 0 Å². The summed E-state index contributed by atoms with van der Waals surface area (Å²) in [5, 5.41) is 0. The lowest BCUT2D eigenvalue weighted by Gasteiger charge is -2.38. The van der Waals surface area contributed by atoms with Gasteiger partial charge in [0.1, 0.15) is 6.17 Å². The van der Waals surface area contributed by atoms with Crippen LogP contribution in [0.5, 0.6) is 0 Å². The molecule has 3 rings (SSSR count). The molecule has 0 radical (unpaired) electrons. The Balaban J connectivity index is 1.35.